The summed E-state index contributed by atoms with van der Waals surface area (Å²) in [5, 5.41) is 16.8. The molecule has 6 nitrogen and oxygen atoms in total. The average molecular weight is 278 g/mol. The van der Waals surface area contributed by atoms with E-state index in [1.807, 2.05) is 0 Å². The van der Waals surface area contributed by atoms with Crippen LogP contribution in [0.15, 0.2) is 30.9 Å². The number of rotatable bonds is 4. The number of halogens is 1. The summed E-state index contributed by atoms with van der Waals surface area (Å²) in [6.07, 6.45) is 5.46. The summed E-state index contributed by atoms with van der Waals surface area (Å²) in [6.45, 7) is 1.54. The molecule has 0 bridgehead atoms. The molecule has 2 aromatic heterocycles. The summed E-state index contributed by atoms with van der Waals surface area (Å²) in [4.78, 5) is 15.4. The largest absolute Gasteiger partial charge is 0.383 e. The maximum absolute atomic E-state index is 13.0. The molecule has 2 aromatic rings. The van der Waals surface area contributed by atoms with Gasteiger partial charge in [0.25, 0.3) is 5.91 Å². The molecular formula is C13H15FN4O2. The number of pyridine rings is 1. The Morgan fingerprint density at radius 1 is 1.50 bits per heavy atom. The van der Waals surface area contributed by atoms with Crippen LogP contribution < -0.4 is 5.32 Å². The number of hydrogen-bond acceptors (Lipinski definition) is 4. The Balaban J connectivity index is 2.03. The summed E-state index contributed by atoms with van der Waals surface area (Å²) >= 11 is 0. The third kappa shape index (κ3) is 3.18. The van der Waals surface area contributed by atoms with Gasteiger partial charge in [-0.1, -0.05) is 0 Å². The summed E-state index contributed by atoms with van der Waals surface area (Å²) < 4.78 is 14.5. The van der Waals surface area contributed by atoms with Crippen LogP contribution >= 0.6 is 0 Å². The van der Waals surface area contributed by atoms with Crippen LogP contribution in [0.5, 0.6) is 0 Å². The molecule has 2 heterocycles. The van der Waals surface area contributed by atoms with Crippen LogP contribution in [0.4, 0.5) is 4.39 Å². The summed E-state index contributed by atoms with van der Waals surface area (Å²) in [6, 6.07) is 1.08. The molecule has 2 rings (SSSR count). The molecule has 1 amide bonds. The van der Waals surface area contributed by atoms with Gasteiger partial charge >= 0.3 is 0 Å². The van der Waals surface area contributed by atoms with Gasteiger partial charge in [0.15, 0.2) is 0 Å². The van der Waals surface area contributed by atoms with Crippen molar-refractivity contribution < 1.29 is 14.3 Å². The van der Waals surface area contributed by atoms with E-state index in [0.29, 0.717) is 5.56 Å². The molecule has 0 radical (unpaired) electrons. The molecule has 0 saturated carbocycles. The Labute approximate surface area is 115 Å². The molecule has 7 heteroatoms. The van der Waals surface area contributed by atoms with Gasteiger partial charge in [-0.2, -0.15) is 5.10 Å². The van der Waals surface area contributed by atoms with Crippen molar-refractivity contribution in [3.8, 4) is 0 Å². The normalized spacial score (nSPS) is 13.8. The fraction of sp³-hybridized carbons (Fsp3) is 0.308. The van der Waals surface area contributed by atoms with E-state index in [0.717, 1.165) is 12.3 Å². The van der Waals surface area contributed by atoms with Gasteiger partial charge in [-0.05, 0) is 13.0 Å². The van der Waals surface area contributed by atoms with Crippen LogP contribution in [0.2, 0.25) is 0 Å². The molecule has 0 aromatic carbocycles. The highest BCUT2D eigenvalue weighted by Gasteiger charge is 2.25. The van der Waals surface area contributed by atoms with Gasteiger partial charge < -0.3 is 10.4 Å². The molecule has 1 atom stereocenters. The zero-order chi connectivity index (χ0) is 14.8. The first-order valence-corrected chi connectivity index (χ1v) is 5.99. The zero-order valence-corrected chi connectivity index (χ0v) is 11.2. The lowest BCUT2D eigenvalue weighted by molar-refractivity contribution is 0.0525. The van der Waals surface area contributed by atoms with E-state index < -0.39 is 17.3 Å². The number of nitrogens with zero attached hydrogens (tertiary/aromatic N) is 3. The Morgan fingerprint density at radius 3 is 2.85 bits per heavy atom. The van der Waals surface area contributed by atoms with Gasteiger partial charge in [0.2, 0.25) is 0 Å². The van der Waals surface area contributed by atoms with Crippen LogP contribution in [-0.4, -0.2) is 32.3 Å². The molecule has 0 fully saturated rings. The van der Waals surface area contributed by atoms with Gasteiger partial charge in [0, 0.05) is 25.0 Å². The van der Waals surface area contributed by atoms with Gasteiger partial charge in [-0.15, -0.1) is 0 Å². The average Bonchev–Trinajstić information content (AvgIpc) is 2.83. The highest BCUT2D eigenvalue weighted by atomic mass is 19.1. The molecule has 0 aliphatic carbocycles. The number of aromatic nitrogens is 3. The summed E-state index contributed by atoms with van der Waals surface area (Å²) in [5.41, 5.74) is -0.574. The van der Waals surface area contributed by atoms with E-state index in [2.05, 4.69) is 15.4 Å². The van der Waals surface area contributed by atoms with Crippen molar-refractivity contribution in [1.82, 2.24) is 20.1 Å². The molecule has 0 aliphatic rings. The minimum Gasteiger partial charge on any atom is -0.383 e. The van der Waals surface area contributed by atoms with Crippen molar-refractivity contribution in [2.45, 2.75) is 12.5 Å². The maximum Gasteiger partial charge on any atom is 0.253 e. The molecule has 106 valence electrons. The Hall–Kier alpha value is -2.28. The maximum atomic E-state index is 13.0. The second kappa shape index (κ2) is 5.38. The molecule has 0 saturated heterocycles. The first kappa shape index (κ1) is 14.1. The van der Waals surface area contributed by atoms with Crippen LogP contribution in [0.3, 0.4) is 0 Å². The molecule has 0 spiro atoms. The number of amides is 1. The Morgan fingerprint density at radius 2 is 2.25 bits per heavy atom. The fourth-order valence-electron chi connectivity index (χ4n) is 1.69. The number of aliphatic hydroxyl groups is 1. The fourth-order valence-corrected chi connectivity index (χ4v) is 1.69. The number of hydrogen-bond donors (Lipinski definition) is 2. The van der Waals surface area contributed by atoms with Gasteiger partial charge in [-0.3, -0.25) is 14.5 Å². The van der Waals surface area contributed by atoms with Crippen molar-refractivity contribution in [2.75, 3.05) is 6.54 Å². The molecular weight excluding hydrogens is 263 g/mol. The topological polar surface area (TPSA) is 80.0 Å². The lowest BCUT2D eigenvalue weighted by Gasteiger charge is -2.22. The van der Waals surface area contributed by atoms with E-state index in [1.165, 1.54) is 12.4 Å². The lowest BCUT2D eigenvalue weighted by Crippen LogP contribution is -2.38. The van der Waals surface area contributed by atoms with Gasteiger partial charge in [-0.25, -0.2) is 4.39 Å². The van der Waals surface area contributed by atoms with E-state index in [-0.39, 0.29) is 12.1 Å². The minimum absolute atomic E-state index is 0.0198. The zero-order valence-electron chi connectivity index (χ0n) is 11.2. The summed E-state index contributed by atoms with van der Waals surface area (Å²) in [7, 11) is 1.73. The van der Waals surface area contributed by atoms with Gasteiger partial charge in [0.1, 0.15) is 11.4 Å². The van der Waals surface area contributed by atoms with Crippen LogP contribution in [0.25, 0.3) is 0 Å². The van der Waals surface area contributed by atoms with Crippen molar-refractivity contribution in [3.63, 3.8) is 0 Å². The first-order chi connectivity index (χ1) is 9.38. The number of aryl methyl sites for hydroxylation is 1. The number of nitrogens with one attached hydrogen (secondary N) is 1. The highest BCUT2D eigenvalue weighted by Crippen LogP contribution is 2.18. The standard InChI is InChI=1S/C13H15FN4O2/c1-13(20,10-5-17-18(2)7-10)8-16-12(19)9-3-11(14)6-15-4-9/h3-7,20H,8H2,1-2H3,(H,16,19). The van der Waals surface area contributed by atoms with Crippen LogP contribution in [0.1, 0.15) is 22.8 Å². The predicted octanol–water partition coefficient (Wildman–Crippen LogP) is 0.592. The van der Waals surface area contributed by atoms with E-state index >= 15 is 0 Å². The number of carbonyl (C=O) groups is 1. The van der Waals surface area contributed by atoms with Crippen molar-refractivity contribution in [1.29, 1.82) is 0 Å². The summed E-state index contributed by atoms with van der Waals surface area (Å²) in [5.74, 6) is -1.09. The third-order valence-corrected chi connectivity index (χ3v) is 2.89. The van der Waals surface area contributed by atoms with Crippen LogP contribution in [0, 0.1) is 5.82 Å². The van der Waals surface area contributed by atoms with Crippen molar-refractivity contribution in [3.05, 3.63) is 47.8 Å². The molecule has 20 heavy (non-hydrogen) atoms. The monoisotopic (exact) mass is 278 g/mol. The van der Waals surface area contributed by atoms with Crippen molar-refractivity contribution >= 4 is 5.91 Å². The molecule has 2 N–H and O–H groups in total. The van der Waals surface area contributed by atoms with Gasteiger partial charge in [0.05, 0.1) is 24.5 Å². The minimum atomic E-state index is -1.26. The van der Waals surface area contributed by atoms with Crippen molar-refractivity contribution in [2.24, 2.45) is 7.05 Å². The molecule has 0 aliphatic heterocycles. The SMILES string of the molecule is Cn1cc(C(C)(O)CNC(=O)c2cncc(F)c2)cn1. The quantitative estimate of drug-likeness (QED) is 0.858. The number of carbonyl (C=O) groups excluding carboxylic acids is 1. The Kier molecular flexibility index (Phi) is 3.80. The predicted molar refractivity (Wildman–Crippen MR) is 69.3 cm³/mol. The van der Waals surface area contributed by atoms with E-state index in [4.69, 9.17) is 0 Å². The highest BCUT2D eigenvalue weighted by molar-refractivity contribution is 5.93. The first-order valence-electron chi connectivity index (χ1n) is 5.99. The third-order valence-electron chi connectivity index (χ3n) is 2.89. The van der Waals surface area contributed by atoms with E-state index in [9.17, 15) is 14.3 Å². The van der Waals surface area contributed by atoms with Crippen LogP contribution in [-0.2, 0) is 12.6 Å². The van der Waals surface area contributed by atoms with E-state index in [1.54, 1.807) is 24.9 Å². The lowest BCUT2D eigenvalue weighted by atomic mass is 9.99. The second-order valence-corrected chi connectivity index (χ2v) is 4.75. The smallest absolute Gasteiger partial charge is 0.253 e. The second-order valence-electron chi connectivity index (χ2n) is 4.75. The Bertz CT molecular complexity index is 624. The molecule has 1 unspecified atom stereocenters.